The fraction of sp³-hybridized carbons (Fsp3) is 0.105. The van der Waals surface area contributed by atoms with E-state index >= 15 is 0 Å². The van der Waals surface area contributed by atoms with E-state index in [4.69, 9.17) is 4.74 Å². The number of carbonyl (C=O) groups excluding carboxylic acids is 1. The van der Waals surface area contributed by atoms with Crippen molar-refractivity contribution in [2.45, 2.75) is 6.54 Å². The van der Waals surface area contributed by atoms with Gasteiger partial charge in [0, 0.05) is 11.1 Å². The number of H-pyrrole nitrogens is 1. The lowest BCUT2D eigenvalue weighted by Gasteiger charge is -2.07. The van der Waals surface area contributed by atoms with Crippen molar-refractivity contribution in [3.63, 3.8) is 0 Å². The zero-order valence-electron chi connectivity index (χ0n) is 14.5. The predicted octanol–water partition coefficient (Wildman–Crippen LogP) is 2.35. The van der Waals surface area contributed by atoms with Gasteiger partial charge in [0.25, 0.3) is 5.91 Å². The van der Waals surface area contributed by atoms with Gasteiger partial charge in [0.15, 0.2) is 0 Å². The summed E-state index contributed by atoms with van der Waals surface area (Å²) in [6, 6.07) is 14.6. The fourth-order valence-electron chi connectivity index (χ4n) is 2.67. The van der Waals surface area contributed by atoms with E-state index < -0.39 is 0 Å². The van der Waals surface area contributed by atoms with Crippen LogP contribution in [-0.4, -0.2) is 38.4 Å². The van der Waals surface area contributed by atoms with Crippen LogP contribution in [0.5, 0.6) is 5.75 Å². The smallest absolute Gasteiger partial charge is 0.251 e. The van der Waals surface area contributed by atoms with Gasteiger partial charge < -0.3 is 10.1 Å². The van der Waals surface area contributed by atoms with E-state index in [9.17, 15) is 4.79 Å². The highest BCUT2D eigenvalue weighted by atomic mass is 16.5. The van der Waals surface area contributed by atoms with Crippen LogP contribution in [0.1, 0.15) is 16.1 Å². The zero-order valence-corrected chi connectivity index (χ0v) is 14.5. The maximum absolute atomic E-state index is 12.4. The Kier molecular flexibility index (Phi) is 4.44. The van der Waals surface area contributed by atoms with Crippen molar-refractivity contribution in [1.29, 1.82) is 0 Å². The third-order valence-electron chi connectivity index (χ3n) is 4.12. The summed E-state index contributed by atoms with van der Waals surface area (Å²) in [6.45, 7) is 0.293. The predicted molar refractivity (Wildman–Crippen MR) is 99.1 cm³/mol. The molecule has 0 atom stereocenters. The minimum absolute atomic E-state index is 0.204. The van der Waals surface area contributed by atoms with Crippen molar-refractivity contribution >= 4 is 16.9 Å². The molecule has 2 N–H and O–H groups in total. The number of rotatable bonds is 5. The SMILES string of the molecule is COc1ccc(-c2cc(CNC(=O)c3ccc4n[nH]nc4c3)ncn2)cc1. The number of aromatic nitrogens is 5. The van der Waals surface area contributed by atoms with Crippen molar-refractivity contribution in [1.82, 2.24) is 30.7 Å². The Morgan fingerprint density at radius 2 is 1.85 bits per heavy atom. The molecule has 2 aromatic carbocycles. The van der Waals surface area contributed by atoms with Crippen LogP contribution in [0, 0.1) is 0 Å². The number of amides is 1. The Hall–Kier alpha value is -3.81. The Labute approximate surface area is 154 Å². The Morgan fingerprint density at radius 3 is 2.67 bits per heavy atom. The van der Waals surface area contributed by atoms with Gasteiger partial charge in [-0.3, -0.25) is 4.79 Å². The number of fused-ring (bicyclic) bond motifs is 1. The maximum atomic E-state index is 12.4. The molecule has 8 nitrogen and oxygen atoms in total. The molecule has 4 aromatic rings. The molecule has 27 heavy (non-hydrogen) atoms. The van der Waals surface area contributed by atoms with E-state index in [2.05, 4.69) is 30.7 Å². The van der Waals surface area contributed by atoms with Gasteiger partial charge in [-0.2, -0.15) is 15.4 Å². The third-order valence-corrected chi connectivity index (χ3v) is 4.12. The van der Waals surface area contributed by atoms with Crippen LogP contribution < -0.4 is 10.1 Å². The molecule has 134 valence electrons. The highest BCUT2D eigenvalue weighted by Crippen LogP contribution is 2.20. The molecule has 0 fully saturated rings. The highest BCUT2D eigenvalue weighted by Gasteiger charge is 2.09. The van der Waals surface area contributed by atoms with E-state index in [-0.39, 0.29) is 5.91 Å². The number of carbonyl (C=O) groups is 1. The fourth-order valence-corrected chi connectivity index (χ4v) is 2.67. The summed E-state index contributed by atoms with van der Waals surface area (Å²) in [6.07, 6.45) is 1.49. The molecule has 1 amide bonds. The summed E-state index contributed by atoms with van der Waals surface area (Å²) in [5, 5.41) is 13.4. The average molecular weight is 360 g/mol. The summed E-state index contributed by atoms with van der Waals surface area (Å²) in [5.41, 5.74) is 4.31. The molecule has 0 saturated carbocycles. The monoisotopic (exact) mass is 360 g/mol. The van der Waals surface area contributed by atoms with Crippen LogP contribution >= 0.6 is 0 Å². The van der Waals surface area contributed by atoms with Crippen LogP contribution in [0.2, 0.25) is 0 Å². The van der Waals surface area contributed by atoms with Crippen LogP contribution in [-0.2, 0) is 6.54 Å². The zero-order chi connectivity index (χ0) is 18.6. The summed E-state index contributed by atoms with van der Waals surface area (Å²) < 4.78 is 5.17. The molecular formula is C19H16N6O2. The van der Waals surface area contributed by atoms with Crippen molar-refractivity contribution in [3.8, 4) is 17.0 Å². The molecule has 4 rings (SSSR count). The molecular weight excluding hydrogens is 344 g/mol. The number of hydrogen-bond acceptors (Lipinski definition) is 6. The van der Waals surface area contributed by atoms with E-state index in [1.807, 2.05) is 30.3 Å². The molecule has 0 aliphatic rings. The first kappa shape index (κ1) is 16.6. The summed E-state index contributed by atoms with van der Waals surface area (Å²) in [7, 11) is 1.63. The average Bonchev–Trinajstić information content (AvgIpc) is 3.20. The molecule has 0 aliphatic carbocycles. The second kappa shape index (κ2) is 7.20. The Bertz CT molecular complexity index is 1090. The van der Waals surface area contributed by atoms with Crippen molar-refractivity contribution in [2.24, 2.45) is 0 Å². The molecule has 2 aromatic heterocycles. The lowest BCUT2D eigenvalue weighted by Crippen LogP contribution is -2.23. The molecule has 8 heteroatoms. The second-order valence-corrected chi connectivity index (χ2v) is 5.83. The lowest BCUT2D eigenvalue weighted by atomic mass is 10.1. The van der Waals surface area contributed by atoms with Crippen LogP contribution in [0.25, 0.3) is 22.3 Å². The minimum Gasteiger partial charge on any atom is -0.497 e. The number of aromatic amines is 1. The van der Waals surface area contributed by atoms with E-state index in [1.165, 1.54) is 6.33 Å². The third kappa shape index (κ3) is 3.59. The standard InChI is InChI=1S/C19H16N6O2/c1-27-15-5-2-12(3-6-15)17-9-14(21-11-22-17)10-20-19(26)13-4-7-16-18(8-13)24-25-23-16/h2-9,11H,10H2,1H3,(H,20,26)(H,23,24,25). The van der Waals surface area contributed by atoms with Gasteiger partial charge in [0.1, 0.15) is 23.1 Å². The molecule has 2 heterocycles. The van der Waals surface area contributed by atoms with E-state index in [0.717, 1.165) is 17.0 Å². The van der Waals surface area contributed by atoms with Gasteiger partial charge in [-0.25, -0.2) is 9.97 Å². The van der Waals surface area contributed by atoms with Gasteiger partial charge in [-0.15, -0.1) is 0 Å². The molecule has 0 saturated heterocycles. The van der Waals surface area contributed by atoms with E-state index in [1.54, 1.807) is 25.3 Å². The minimum atomic E-state index is -0.204. The molecule has 0 aliphatic heterocycles. The number of methoxy groups -OCH3 is 1. The summed E-state index contributed by atoms with van der Waals surface area (Å²) >= 11 is 0. The number of nitrogens with zero attached hydrogens (tertiary/aromatic N) is 4. The molecule has 0 radical (unpaired) electrons. The van der Waals surface area contributed by atoms with Crippen molar-refractivity contribution in [3.05, 3.63) is 66.1 Å². The number of benzene rings is 2. The maximum Gasteiger partial charge on any atom is 0.251 e. The summed E-state index contributed by atoms with van der Waals surface area (Å²) in [5.74, 6) is 0.578. The van der Waals surface area contributed by atoms with Gasteiger partial charge >= 0.3 is 0 Å². The molecule has 0 spiro atoms. The highest BCUT2D eigenvalue weighted by molar-refractivity contribution is 5.97. The lowest BCUT2D eigenvalue weighted by molar-refractivity contribution is 0.0950. The van der Waals surface area contributed by atoms with Gasteiger partial charge in [-0.05, 0) is 48.5 Å². The Morgan fingerprint density at radius 1 is 1.04 bits per heavy atom. The number of ether oxygens (including phenoxy) is 1. The van der Waals surface area contributed by atoms with Crippen molar-refractivity contribution in [2.75, 3.05) is 7.11 Å². The van der Waals surface area contributed by atoms with Crippen LogP contribution in [0.3, 0.4) is 0 Å². The number of nitrogens with one attached hydrogen (secondary N) is 2. The first-order valence-electron chi connectivity index (χ1n) is 8.27. The summed E-state index contributed by atoms with van der Waals surface area (Å²) in [4.78, 5) is 20.9. The first-order valence-corrected chi connectivity index (χ1v) is 8.27. The quantitative estimate of drug-likeness (QED) is 0.566. The molecule has 0 bridgehead atoms. The van der Waals surface area contributed by atoms with Gasteiger partial charge in [-0.1, -0.05) is 0 Å². The first-order chi connectivity index (χ1) is 13.2. The van der Waals surface area contributed by atoms with Crippen LogP contribution in [0.4, 0.5) is 0 Å². The van der Waals surface area contributed by atoms with Gasteiger partial charge in [0.05, 0.1) is 25.0 Å². The van der Waals surface area contributed by atoms with E-state index in [0.29, 0.717) is 28.8 Å². The Balaban J connectivity index is 1.46. The van der Waals surface area contributed by atoms with Gasteiger partial charge in [0.2, 0.25) is 0 Å². The topological polar surface area (TPSA) is 106 Å². The molecule has 0 unspecified atom stereocenters. The largest absolute Gasteiger partial charge is 0.497 e. The number of hydrogen-bond donors (Lipinski definition) is 2. The second-order valence-electron chi connectivity index (χ2n) is 5.83. The van der Waals surface area contributed by atoms with Crippen LogP contribution in [0.15, 0.2) is 54.9 Å². The van der Waals surface area contributed by atoms with Crippen molar-refractivity contribution < 1.29 is 9.53 Å². The normalized spacial score (nSPS) is 10.7.